The monoisotopic (exact) mass is 430 g/mol. The van der Waals surface area contributed by atoms with Gasteiger partial charge in [-0.05, 0) is 24.6 Å². The summed E-state index contributed by atoms with van der Waals surface area (Å²) in [6.07, 6.45) is 0.910. The second-order valence-corrected chi connectivity index (χ2v) is 6.87. The minimum absolute atomic E-state index is 0.125. The van der Waals surface area contributed by atoms with E-state index < -0.39 is 4.92 Å². The molecule has 31 heavy (non-hydrogen) atoms. The van der Waals surface area contributed by atoms with Crippen LogP contribution in [0.5, 0.6) is 11.5 Å². The van der Waals surface area contributed by atoms with E-state index in [1.165, 1.54) is 6.33 Å². The number of carbonyl (C=O) groups is 1. The van der Waals surface area contributed by atoms with Gasteiger partial charge in [0.1, 0.15) is 6.33 Å². The SMILES string of the molecule is CCOC(=O)N1CCN(c2ncnc(NCc3ccc4c(c3)OCO4)c2[N+](=O)[O-])CC1. The highest BCUT2D eigenvalue weighted by Crippen LogP contribution is 2.34. The lowest BCUT2D eigenvalue weighted by atomic mass is 10.2. The second kappa shape index (κ2) is 8.90. The molecule has 0 aliphatic carbocycles. The molecule has 0 spiro atoms. The van der Waals surface area contributed by atoms with E-state index in [9.17, 15) is 14.9 Å². The zero-order valence-corrected chi connectivity index (χ0v) is 16.9. The van der Waals surface area contributed by atoms with Crippen LogP contribution >= 0.6 is 0 Å². The van der Waals surface area contributed by atoms with E-state index in [4.69, 9.17) is 14.2 Å². The first-order chi connectivity index (χ1) is 15.1. The standard InChI is InChI=1S/C19H22N6O6/c1-2-29-19(26)24-7-5-23(6-8-24)18-16(25(27)28)17(21-11-22-18)20-10-13-3-4-14-15(9-13)31-12-30-14/h3-4,9,11H,2,5-8,10,12H2,1H3,(H,20,21,22). The van der Waals surface area contributed by atoms with Gasteiger partial charge in [0.15, 0.2) is 11.5 Å². The number of anilines is 2. The van der Waals surface area contributed by atoms with Crippen molar-refractivity contribution >= 4 is 23.4 Å². The lowest BCUT2D eigenvalue weighted by molar-refractivity contribution is -0.383. The summed E-state index contributed by atoms with van der Waals surface area (Å²) in [6.45, 7) is 4.11. The normalized spacial score (nSPS) is 15.0. The molecule has 1 aromatic heterocycles. The average molecular weight is 430 g/mol. The Kier molecular flexibility index (Phi) is 5.87. The maximum absolute atomic E-state index is 11.9. The lowest BCUT2D eigenvalue weighted by Crippen LogP contribution is -2.49. The Morgan fingerprint density at radius 1 is 1.23 bits per heavy atom. The number of rotatable bonds is 6. The largest absolute Gasteiger partial charge is 0.454 e. The molecule has 164 valence electrons. The fourth-order valence-corrected chi connectivity index (χ4v) is 3.45. The van der Waals surface area contributed by atoms with E-state index in [1.807, 2.05) is 12.1 Å². The van der Waals surface area contributed by atoms with Crippen LogP contribution in [-0.4, -0.2) is 65.5 Å². The fraction of sp³-hybridized carbons (Fsp3) is 0.421. The van der Waals surface area contributed by atoms with Gasteiger partial charge in [-0.3, -0.25) is 10.1 Å². The summed E-state index contributed by atoms with van der Waals surface area (Å²) in [4.78, 5) is 34.8. The number of hydrogen-bond donors (Lipinski definition) is 1. The summed E-state index contributed by atoms with van der Waals surface area (Å²) in [7, 11) is 0. The van der Waals surface area contributed by atoms with Gasteiger partial charge in [0.05, 0.1) is 11.5 Å². The van der Waals surface area contributed by atoms with Crippen LogP contribution < -0.4 is 19.7 Å². The second-order valence-electron chi connectivity index (χ2n) is 6.87. The molecule has 0 atom stereocenters. The third-order valence-corrected chi connectivity index (χ3v) is 4.99. The third kappa shape index (κ3) is 4.37. The summed E-state index contributed by atoms with van der Waals surface area (Å²) >= 11 is 0. The number of amides is 1. The predicted octanol–water partition coefficient (Wildman–Crippen LogP) is 2.00. The van der Waals surface area contributed by atoms with Crippen LogP contribution in [0.15, 0.2) is 24.5 Å². The highest BCUT2D eigenvalue weighted by Gasteiger charge is 2.30. The number of fused-ring (bicyclic) bond motifs is 1. The number of piperazine rings is 1. The highest BCUT2D eigenvalue weighted by molar-refractivity contribution is 5.71. The van der Waals surface area contributed by atoms with Crippen molar-refractivity contribution < 1.29 is 23.9 Å². The zero-order chi connectivity index (χ0) is 21.8. The molecule has 12 nitrogen and oxygen atoms in total. The maximum Gasteiger partial charge on any atom is 0.409 e. The smallest absolute Gasteiger partial charge is 0.409 e. The van der Waals surface area contributed by atoms with Gasteiger partial charge in [-0.15, -0.1) is 0 Å². The molecular weight excluding hydrogens is 408 g/mol. The quantitative estimate of drug-likeness (QED) is 0.536. The summed E-state index contributed by atoms with van der Waals surface area (Å²) in [6, 6.07) is 5.46. The van der Waals surface area contributed by atoms with Gasteiger partial charge < -0.3 is 29.3 Å². The average Bonchev–Trinajstić information content (AvgIpc) is 3.25. The van der Waals surface area contributed by atoms with Crippen LogP contribution in [0.1, 0.15) is 12.5 Å². The van der Waals surface area contributed by atoms with Crippen molar-refractivity contribution in [2.75, 3.05) is 49.8 Å². The Labute approximate surface area is 177 Å². The summed E-state index contributed by atoms with van der Waals surface area (Å²) in [5.74, 6) is 1.65. The molecular formula is C19H22N6O6. The number of carbonyl (C=O) groups excluding carboxylic acids is 1. The molecule has 1 amide bonds. The van der Waals surface area contributed by atoms with Crippen molar-refractivity contribution in [3.05, 3.63) is 40.2 Å². The molecule has 2 aliphatic heterocycles. The van der Waals surface area contributed by atoms with Crippen LogP contribution in [-0.2, 0) is 11.3 Å². The molecule has 2 aliphatic rings. The Hall–Kier alpha value is -3.83. The molecule has 1 aromatic carbocycles. The minimum atomic E-state index is -0.491. The molecule has 0 unspecified atom stereocenters. The molecule has 1 N–H and O–H groups in total. The van der Waals surface area contributed by atoms with E-state index in [1.54, 1.807) is 22.8 Å². The first kappa shape index (κ1) is 20.4. The lowest BCUT2D eigenvalue weighted by Gasteiger charge is -2.34. The minimum Gasteiger partial charge on any atom is -0.454 e. The van der Waals surface area contributed by atoms with Crippen molar-refractivity contribution in [1.82, 2.24) is 14.9 Å². The predicted molar refractivity (Wildman–Crippen MR) is 109 cm³/mol. The Morgan fingerprint density at radius 3 is 2.74 bits per heavy atom. The number of ether oxygens (including phenoxy) is 3. The van der Waals surface area contributed by atoms with E-state index in [2.05, 4.69) is 15.3 Å². The first-order valence-electron chi connectivity index (χ1n) is 9.85. The van der Waals surface area contributed by atoms with E-state index >= 15 is 0 Å². The van der Waals surface area contributed by atoms with Crippen LogP contribution in [0, 0.1) is 10.1 Å². The van der Waals surface area contributed by atoms with Crippen molar-refractivity contribution in [1.29, 1.82) is 0 Å². The number of aromatic nitrogens is 2. The van der Waals surface area contributed by atoms with Gasteiger partial charge >= 0.3 is 11.8 Å². The highest BCUT2D eigenvalue weighted by atomic mass is 16.7. The molecule has 0 saturated carbocycles. The summed E-state index contributed by atoms with van der Waals surface area (Å²) < 4.78 is 15.7. The molecule has 1 fully saturated rings. The Morgan fingerprint density at radius 2 is 2.00 bits per heavy atom. The van der Waals surface area contributed by atoms with E-state index in [-0.39, 0.29) is 30.2 Å². The molecule has 1 saturated heterocycles. The van der Waals surface area contributed by atoms with Gasteiger partial charge in [-0.2, -0.15) is 0 Å². The number of nitrogens with one attached hydrogen (secondary N) is 1. The van der Waals surface area contributed by atoms with Crippen LogP contribution in [0.2, 0.25) is 0 Å². The maximum atomic E-state index is 11.9. The number of nitro groups is 1. The van der Waals surface area contributed by atoms with Crippen molar-refractivity contribution in [2.45, 2.75) is 13.5 Å². The van der Waals surface area contributed by atoms with Crippen molar-refractivity contribution in [2.24, 2.45) is 0 Å². The van der Waals surface area contributed by atoms with Crippen molar-refractivity contribution in [3.8, 4) is 11.5 Å². The first-order valence-corrected chi connectivity index (χ1v) is 9.85. The fourth-order valence-electron chi connectivity index (χ4n) is 3.45. The van der Waals surface area contributed by atoms with Crippen LogP contribution in [0.25, 0.3) is 0 Å². The van der Waals surface area contributed by atoms with E-state index in [0.717, 1.165) is 5.56 Å². The van der Waals surface area contributed by atoms with Gasteiger partial charge in [0, 0.05) is 32.7 Å². The van der Waals surface area contributed by atoms with Crippen molar-refractivity contribution in [3.63, 3.8) is 0 Å². The third-order valence-electron chi connectivity index (χ3n) is 4.99. The molecule has 12 heteroatoms. The topological polar surface area (TPSA) is 132 Å². The number of nitrogens with zero attached hydrogens (tertiary/aromatic N) is 5. The summed E-state index contributed by atoms with van der Waals surface area (Å²) in [5.41, 5.74) is 0.662. The van der Waals surface area contributed by atoms with Gasteiger partial charge in [-0.25, -0.2) is 14.8 Å². The van der Waals surface area contributed by atoms with Gasteiger partial charge in [-0.1, -0.05) is 6.07 Å². The van der Waals surface area contributed by atoms with Crippen LogP contribution in [0.4, 0.5) is 22.1 Å². The van der Waals surface area contributed by atoms with Gasteiger partial charge in [0.2, 0.25) is 18.4 Å². The Balaban J connectivity index is 1.48. The van der Waals surface area contributed by atoms with E-state index in [0.29, 0.717) is 50.8 Å². The molecule has 4 rings (SSSR count). The number of hydrogen-bond acceptors (Lipinski definition) is 10. The molecule has 0 bridgehead atoms. The van der Waals surface area contributed by atoms with Gasteiger partial charge in [0.25, 0.3) is 0 Å². The Bertz CT molecular complexity index is 978. The zero-order valence-electron chi connectivity index (χ0n) is 16.9. The van der Waals surface area contributed by atoms with Crippen LogP contribution in [0.3, 0.4) is 0 Å². The molecule has 3 heterocycles. The number of benzene rings is 1. The molecule has 0 radical (unpaired) electrons. The summed E-state index contributed by atoms with van der Waals surface area (Å²) in [5, 5.41) is 14.9. The molecule has 2 aromatic rings.